The highest BCUT2D eigenvalue weighted by Gasteiger charge is 2.41. The first-order chi connectivity index (χ1) is 13.1. The topological polar surface area (TPSA) is 84.9 Å². The first-order valence-electron chi connectivity index (χ1n) is 8.95. The number of carbonyl (C=O) groups excluding carboxylic acids is 1. The Morgan fingerprint density at radius 2 is 1.74 bits per heavy atom. The standard InChI is InChI=1S/C21H23NO5/c23-19(24)14-17-7-4-8-18(13-17)22-20(25)21(9-11-26-12-10-21)27-15-16-5-2-1-3-6-16/h1-8,13H,9-12,14-15H2,(H,22,25)(H,23,24). The van der Waals surface area contributed by atoms with Gasteiger partial charge in [-0.05, 0) is 23.3 Å². The highest BCUT2D eigenvalue weighted by Crippen LogP contribution is 2.28. The number of carboxylic acids is 1. The maximum absolute atomic E-state index is 13.0. The molecule has 6 nitrogen and oxygen atoms in total. The van der Waals surface area contributed by atoms with Crippen LogP contribution in [0.15, 0.2) is 54.6 Å². The highest BCUT2D eigenvalue weighted by molar-refractivity contribution is 5.97. The Hall–Kier alpha value is -2.70. The zero-order chi connectivity index (χ0) is 19.1. The van der Waals surface area contributed by atoms with E-state index in [0.29, 0.717) is 43.9 Å². The van der Waals surface area contributed by atoms with E-state index in [1.54, 1.807) is 24.3 Å². The Morgan fingerprint density at radius 3 is 2.44 bits per heavy atom. The smallest absolute Gasteiger partial charge is 0.307 e. The maximum atomic E-state index is 13.0. The maximum Gasteiger partial charge on any atom is 0.307 e. The molecule has 142 valence electrons. The minimum atomic E-state index is -0.961. The lowest BCUT2D eigenvalue weighted by Gasteiger charge is -2.35. The van der Waals surface area contributed by atoms with Crippen molar-refractivity contribution in [2.75, 3.05) is 18.5 Å². The average Bonchev–Trinajstić information content (AvgIpc) is 2.68. The second-order valence-corrected chi connectivity index (χ2v) is 6.61. The van der Waals surface area contributed by atoms with Crippen LogP contribution in [-0.2, 0) is 32.1 Å². The molecule has 1 fully saturated rings. The Labute approximate surface area is 158 Å². The highest BCUT2D eigenvalue weighted by atomic mass is 16.5. The van der Waals surface area contributed by atoms with Crippen molar-refractivity contribution in [2.24, 2.45) is 0 Å². The lowest BCUT2D eigenvalue weighted by molar-refractivity contribution is -0.158. The summed E-state index contributed by atoms with van der Waals surface area (Å²) in [5.41, 5.74) is 1.23. The molecule has 0 atom stereocenters. The largest absolute Gasteiger partial charge is 0.481 e. The summed E-state index contributed by atoms with van der Waals surface area (Å²) in [6, 6.07) is 16.6. The van der Waals surface area contributed by atoms with Gasteiger partial charge in [0.25, 0.3) is 5.91 Å². The van der Waals surface area contributed by atoms with Crippen molar-refractivity contribution >= 4 is 17.6 Å². The van der Waals surface area contributed by atoms with Crippen molar-refractivity contribution in [3.05, 3.63) is 65.7 Å². The van der Waals surface area contributed by atoms with Gasteiger partial charge in [0.05, 0.1) is 13.0 Å². The SMILES string of the molecule is O=C(O)Cc1cccc(NC(=O)C2(OCc3ccccc3)CCOCC2)c1. The third-order valence-electron chi connectivity index (χ3n) is 4.61. The fraction of sp³-hybridized carbons (Fsp3) is 0.333. The van der Waals surface area contributed by atoms with Gasteiger partial charge in [-0.15, -0.1) is 0 Å². The van der Waals surface area contributed by atoms with Crippen LogP contribution in [0.2, 0.25) is 0 Å². The van der Waals surface area contributed by atoms with E-state index in [4.69, 9.17) is 14.6 Å². The molecule has 1 aliphatic rings. The number of amides is 1. The summed E-state index contributed by atoms with van der Waals surface area (Å²) in [7, 11) is 0. The number of nitrogens with one attached hydrogen (secondary N) is 1. The number of hydrogen-bond donors (Lipinski definition) is 2. The van der Waals surface area contributed by atoms with Crippen LogP contribution in [0.4, 0.5) is 5.69 Å². The fourth-order valence-electron chi connectivity index (χ4n) is 3.11. The lowest BCUT2D eigenvalue weighted by Crippen LogP contribution is -2.49. The van der Waals surface area contributed by atoms with Gasteiger partial charge >= 0.3 is 5.97 Å². The van der Waals surface area contributed by atoms with Crippen molar-refractivity contribution in [2.45, 2.75) is 31.5 Å². The molecule has 1 aliphatic heterocycles. The van der Waals surface area contributed by atoms with E-state index in [9.17, 15) is 9.59 Å². The number of benzene rings is 2. The first kappa shape index (κ1) is 19.1. The van der Waals surface area contributed by atoms with Gasteiger partial charge in [0.1, 0.15) is 0 Å². The van der Waals surface area contributed by atoms with E-state index >= 15 is 0 Å². The van der Waals surface area contributed by atoms with Crippen molar-refractivity contribution in [3.63, 3.8) is 0 Å². The molecule has 0 bridgehead atoms. The Kier molecular flexibility index (Phi) is 6.21. The molecule has 0 radical (unpaired) electrons. The van der Waals surface area contributed by atoms with Gasteiger partial charge in [0, 0.05) is 31.7 Å². The molecule has 0 saturated carbocycles. The van der Waals surface area contributed by atoms with Gasteiger partial charge < -0.3 is 19.9 Å². The summed E-state index contributed by atoms with van der Waals surface area (Å²) in [6.07, 6.45) is 0.855. The molecule has 6 heteroatoms. The summed E-state index contributed by atoms with van der Waals surface area (Å²) in [4.78, 5) is 23.9. The van der Waals surface area contributed by atoms with Crippen LogP contribution in [0, 0.1) is 0 Å². The van der Waals surface area contributed by atoms with Crippen LogP contribution >= 0.6 is 0 Å². The van der Waals surface area contributed by atoms with Gasteiger partial charge in [-0.3, -0.25) is 9.59 Å². The van der Waals surface area contributed by atoms with E-state index in [2.05, 4.69) is 5.32 Å². The fourth-order valence-corrected chi connectivity index (χ4v) is 3.11. The summed E-state index contributed by atoms with van der Waals surface area (Å²) in [5, 5.41) is 11.8. The third-order valence-corrected chi connectivity index (χ3v) is 4.61. The molecule has 3 rings (SSSR count). The van der Waals surface area contributed by atoms with Crippen LogP contribution in [0.5, 0.6) is 0 Å². The predicted molar refractivity (Wildman–Crippen MR) is 100 cm³/mol. The monoisotopic (exact) mass is 369 g/mol. The average molecular weight is 369 g/mol. The minimum Gasteiger partial charge on any atom is -0.481 e. The summed E-state index contributed by atoms with van der Waals surface area (Å²) < 4.78 is 11.5. The molecular formula is C21H23NO5. The zero-order valence-electron chi connectivity index (χ0n) is 15.0. The van der Waals surface area contributed by atoms with Gasteiger partial charge in [-0.1, -0.05) is 42.5 Å². The second-order valence-electron chi connectivity index (χ2n) is 6.61. The quantitative estimate of drug-likeness (QED) is 0.784. The minimum absolute atomic E-state index is 0.0901. The number of anilines is 1. The van der Waals surface area contributed by atoms with Crippen molar-refractivity contribution in [1.29, 1.82) is 0 Å². The Balaban J connectivity index is 1.72. The zero-order valence-corrected chi connectivity index (χ0v) is 15.0. The number of rotatable bonds is 7. The molecule has 0 aromatic heterocycles. The molecule has 2 aromatic rings. The molecular weight excluding hydrogens is 346 g/mol. The molecule has 2 aromatic carbocycles. The van der Waals surface area contributed by atoms with Gasteiger partial charge in [0.15, 0.2) is 5.60 Å². The third kappa shape index (κ3) is 5.15. The first-order valence-corrected chi connectivity index (χ1v) is 8.95. The molecule has 0 spiro atoms. The number of carboxylic acid groups (broad SMARTS) is 1. The van der Waals surface area contributed by atoms with E-state index in [1.165, 1.54) is 0 Å². The predicted octanol–water partition coefficient (Wildman–Crippen LogP) is 3.02. The van der Waals surface area contributed by atoms with E-state index in [1.807, 2.05) is 30.3 Å². The summed E-state index contributed by atoms with van der Waals surface area (Å²) in [5.74, 6) is -1.14. The Bertz CT molecular complexity index is 784. The summed E-state index contributed by atoms with van der Waals surface area (Å²) in [6.45, 7) is 1.26. The molecule has 0 aliphatic carbocycles. The normalized spacial score (nSPS) is 15.9. The van der Waals surface area contributed by atoms with Crippen LogP contribution in [0.25, 0.3) is 0 Å². The van der Waals surface area contributed by atoms with E-state index in [-0.39, 0.29) is 12.3 Å². The lowest BCUT2D eigenvalue weighted by atomic mass is 9.92. The van der Waals surface area contributed by atoms with Crippen LogP contribution < -0.4 is 5.32 Å². The molecule has 27 heavy (non-hydrogen) atoms. The van der Waals surface area contributed by atoms with Gasteiger partial charge in [-0.25, -0.2) is 0 Å². The van der Waals surface area contributed by atoms with E-state index in [0.717, 1.165) is 5.56 Å². The molecule has 1 amide bonds. The van der Waals surface area contributed by atoms with E-state index < -0.39 is 11.6 Å². The number of carbonyl (C=O) groups is 2. The van der Waals surface area contributed by atoms with Crippen LogP contribution in [-0.4, -0.2) is 35.8 Å². The molecule has 2 N–H and O–H groups in total. The Morgan fingerprint density at radius 1 is 1.04 bits per heavy atom. The number of hydrogen-bond acceptors (Lipinski definition) is 4. The molecule has 0 unspecified atom stereocenters. The van der Waals surface area contributed by atoms with Crippen molar-refractivity contribution in [1.82, 2.24) is 0 Å². The van der Waals surface area contributed by atoms with Crippen molar-refractivity contribution in [3.8, 4) is 0 Å². The number of aliphatic carboxylic acids is 1. The molecule has 1 saturated heterocycles. The summed E-state index contributed by atoms with van der Waals surface area (Å²) >= 11 is 0. The van der Waals surface area contributed by atoms with Crippen LogP contribution in [0.3, 0.4) is 0 Å². The number of ether oxygens (including phenoxy) is 2. The van der Waals surface area contributed by atoms with Gasteiger partial charge in [0.2, 0.25) is 0 Å². The second kappa shape index (κ2) is 8.79. The molecule has 1 heterocycles. The van der Waals surface area contributed by atoms with Gasteiger partial charge in [-0.2, -0.15) is 0 Å². The van der Waals surface area contributed by atoms with Crippen molar-refractivity contribution < 1.29 is 24.2 Å². The van der Waals surface area contributed by atoms with Crippen LogP contribution in [0.1, 0.15) is 24.0 Å².